The number of piperidine rings is 1. The average Bonchev–Trinajstić information content (AvgIpc) is 3.04. The molecule has 0 bridgehead atoms. The van der Waals surface area contributed by atoms with Crippen molar-refractivity contribution in [2.75, 3.05) is 5.32 Å². The summed E-state index contributed by atoms with van der Waals surface area (Å²) < 4.78 is 0. The van der Waals surface area contributed by atoms with Gasteiger partial charge in [0.05, 0.1) is 6.04 Å². The van der Waals surface area contributed by atoms with Crippen molar-refractivity contribution < 1.29 is 9.59 Å². The lowest BCUT2D eigenvalue weighted by molar-refractivity contribution is -0.130. The monoisotopic (exact) mass is 466 g/mol. The third kappa shape index (κ3) is 4.01. The number of aryl methyl sites for hydroxylation is 1. The Labute approximate surface area is 197 Å². The molecule has 0 radical (unpaired) electrons. The summed E-state index contributed by atoms with van der Waals surface area (Å²) in [4.78, 5) is 25.3. The summed E-state index contributed by atoms with van der Waals surface area (Å²) >= 11 is 11.6. The minimum absolute atomic E-state index is 0.0215. The normalized spacial score (nSPS) is 21.3. The van der Waals surface area contributed by atoms with Gasteiger partial charge >= 0.3 is 0 Å². The van der Waals surface area contributed by atoms with Gasteiger partial charge in [-0.05, 0) is 66.8 Å². The molecule has 0 aliphatic carbocycles. The highest BCUT2D eigenvalue weighted by atomic mass is 35.5. The molecule has 2 N–H and O–H groups in total. The summed E-state index contributed by atoms with van der Waals surface area (Å²) in [6.07, 6.45) is 0.814. The van der Waals surface area contributed by atoms with Crippen molar-refractivity contribution in [1.29, 1.82) is 0 Å². The predicted octanol–water partition coefficient (Wildman–Crippen LogP) is 6.14. The topological polar surface area (TPSA) is 58.2 Å². The molecule has 0 aromatic heterocycles. The molecular formula is C26H24Cl2N2O2. The molecule has 2 atom stereocenters. The number of carbonyl (C=O) groups is 2. The first kappa shape index (κ1) is 22.4. The zero-order valence-electron chi connectivity index (χ0n) is 17.9. The van der Waals surface area contributed by atoms with E-state index in [2.05, 4.69) is 10.6 Å². The fourth-order valence-corrected chi connectivity index (χ4v) is 4.87. The van der Waals surface area contributed by atoms with Crippen molar-refractivity contribution >= 4 is 40.7 Å². The molecule has 1 fully saturated rings. The summed E-state index contributed by atoms with van der Waals surface area (Å²) in [5.74, 6) is -0.0950. The van der Waals surface area contributed by atoms with Crippen LogP contribution in [0.3, 0.4) is 0 Å². The van der Waals surface area contributed by atoms with Gasteiger partial charge in [0, 0.05) is 22.2 Å². The van der Waals surface area contributed by atoms with Crippen molar-refractivity contribution in [1.82, 2.24) is 5.32 Å². The molecular weight excluding hydrogens is 443 g/mol. The van der Waals surface area contributed by atoms with Crippen LogP contribution in [0.15, 0.2) is 66.7 Å². The summed E-state index contributed by atoms with van der Waals surface area (Å²) in [5.41, 5.74) is 4.08. The molecule has 6 heteroatoms. The van der Waals surface area contributed by atoms with E-state index in [-0.39, 0.29) is 11.8 Å². The Morgan fingerprint density at radius 2 is 1.66 bits per heavy atom. The molecule has 2 heterocycles. The number of halogens is 2. The van der Waals surface area contributed by atoms with E-state index in [9.17, 15) is 9.59 Å². The number of anilines is 1. The first-order valence-electron chi connectivity index (χ1n) is 10.5. The van der Waals surface area contributed by atoms with Crippen LogP contribution in [0.2, 0.25) is 10.0 Å². The second-order valence-corrected chi connectivity index (χ2v) is 9.07. The van der Waals surface area contributed by atoms with E-state index in [1.54, 1.807) is 12.1 Å². The highest BCUT2D eigenvalue weighted by Gasteiger charge is 2.55. The molecule has 3 aromatic rings. The molecule has 1 saturated heterocycles. The van der Waals surface area contributed by atoms with Gasteiger partial charge in [-0.25, -0.2) is 0 Å². The van der Waals surface area contributed by atoms with Gasteiger partial charge in [0.1, 0.15) is 5.41 Å². The van der Waals surface area contributed by atoms with Crippen LogP contribution in [0.25, 0.3) is 0 Å². The van der Waals surface area contributed by atoms with E-state index in [4.69, 9.17) is 23.2 Å². The zero-order chi connectivity index (χ0) is 22.9. The number of benzene rings is 3. The molecule has 0 saturated carbocycles. The Hall–Kier alpha value is -2.82. The second kappa shape index (κ2) is 8.97. The maximum Gasteiger partial charge on any atom is 0.237 e. The molecule has 5 rings (SSSR count). The van der Waals surface area contributed by atoms with E-state index in [0.29, 0.717) is 17.9 Å². The summed E-state index contributed by atoms with van der Waals surface area (Å²) in [6.45, 7) is 4.08. The van der Waals surface area contributed by atoms with Crippen molar-refractivity contribution in [3.8, 4) is 0 Å². The van der Waals surface area contributed by atoms with Crippen LogP contribution >= 0.6 is 23.2 Å². The smallest absolute Gasteiger partial charge is 0.237 e. The SMILES string of the molecule is Cc1cccc([C@H]2NC(=O)CC[C@]23C(=O)Nc2cc(Cl)ccc23)c1C.Clc1ccccc1. The van der Waals surface area contributed by atoms with Gasteiger partial charge in [0.15, 0.2) is 0 Å². The third-order valence-corrected chi connectivity index (χ3v) is 6.84. The lowest BCUT2D eigenvalue weighted by Gasteiger charge is -2.41. The van der Waals surface area contributed by atoms with Crippen molar-refractivity contribution in [2.24, 2.45) is 0 Å². The highest BCUT2D eigenvalue weighted by molar-refractivity contribution is 6.31. The largest absolute Gasteiger partial charge is 0.348 e. The second-order valence-electron chi connectivity index (χ2n) is 8.20. The maximum atomic E-state index is 13.1. The van der Waals surface area contributed by atoms with Crippen LogP contribution in [0.1, 0.15) is 41.1 Å². The van der Waals surface area contributed by atoms with Gasteiger partial charge in [-0.2, -0.15) is 0 Å². The van der Waals surface area contributed by atoms with E-state index >= 15 is 0 Å². The molecule has 3 aromatic carbocycles. The third-order valence-electron chi connectivity index (χ3n) is 6.35. The van der Waals surface area contributed by atoms with Crippen molar-refractivity contribution in [3.05, 3.63) is 99.0 Å². The summed E-state index contributed by atoms with van der Waals surface area (Å²) in [5, 5.41) is 7.44. The Kier molecular flexibility index (Phi) is 6.27. The molecule has 2 amide bonds. The quantitative estimate of drug-likeness (QED) is 0.452. The van der Waals surface area contributed by atoms with Crippen LogP contribution in [0, 0.1) is 13.8 Å². The zero-order valence-corrected chi connectivity index (χ0v) is 19.4. The molecule has 4 nitrogen and oxygen atoms in total. The van der Waals surface area contributed by atoms with E-state index in [0.717, 1.165) is 33.0 Å². The molecule has 164 valence electrons. The Balaban J connectivity index is 0.000000300. The van der Waals surface area contributed by atoms with Crippen LogP contribution < -0.4 is 10.6 Å². The number of rotatable bonds is 1. The molecule has 2 aliphatic rings. The van der Waals surface area contributed by atoms with Crippen molar-refractivity contribution in [2.45, 2.75) is 38.1 Å². The minimum atomic E-state index is -0.799. The van der Waals surface area contributed by atoms with Gasteiger partial charge in [0.2, 0.25) is 11.8 Å². The number of nitrogens with one attached hydrogen (secondary N) is 2. The lowest BCUT2D eigenvalue weighted by atomic mass is 9.67. The van der Waals surface area contributed by atoms with Crippen LogP contribution in [-0.4, -0.2) is 11.8 Å². The fraction of sp³-hybridized carbons (Fsp3) is 0.231. The van der Waals surface area contributed by atoms with E-state index in [1.165, 1.54) is 0 Å². The van der Waals surface area contributed by atoms with Gasteiger partial charge in [-0.1, -0.05) is 65.7 Å². The highest BCUT2D eigenvalue weighted by Crippen LogP contribution is 2.51. The van der Waals surface area contributed by atoms with E-state index < -0.39 is 11.5 Å². The Bertz CT molecular complexity index is 1180. The van der Waals surface area contributed by atoms with Gasteiger partial charge < -0.3 is 10.6 Å². The van der Waals surface area contributed by atoms with Gasteiger partial charge in [0.25, 0.3) is 0 Å². The molecule has 0 unspecified atom stereocenters. The number of fused-ring (bicyclic) bond motifs is 2. The average molecular weight is 467 g/mol. The first-order chi connectivity index (χ1) is 15.3. The first-order valence-corrected chi connectivity index (χ1v) is 11.3. The summed E-state index contributed by atoms with van der Waals surface area (Å²) in [6, 6.07) is 20.6. The summed E-state index contributed by atoms with van der Waals surface area (Å²) in [7, 11) is 0. The van der Waals surface area contributed by atoms with Crippen LogP contribution in [0.5, 0.6) is 0 Å². The Morgan fingerprint density at radius 3 is 2.34 bits per heavy atom. The number of carbonyl (C=O) groups excluding carboxylic acids is 2. The maximum absolute atomic E-state index is 13.1. The van der Waals surface area contributed by atoms with Gasteiger partial charge in [-0.3, -0.25) is 9.59 Å². The van der Waals surface area contributed by atoms with Crippen LogP contribution in [0.4, 0.5) is 5.69 Å². The molecule has 32 heavy (non-hydrogen) atoms. The van der Waals surface area contributed by atoms with Gasteiger partial charge in [-0.15, -0.1) is 0 Å². The van der Waals surface area contributed by atoms with Crippen molar-refractivity contribution in [3.63, 3.8) is 0 Å². The van der Waals surface area contributed by atoms with E-state index in [1.807, 2.05) is 68.4 Å². The molecule has 2 aliphatic heterocycles. The number of hydrogen-bond acceptors (Lipinski definition) is 2. The minimum Gasteiger partial charge on any atom is -0.348 e. The Morgan fingerprint density at radius 1 is 0.906 bits per heavy atom. The number of hydrogen-bond donors (Lipinski definition) is 2. The molecule has 1 spiro atoms. The fourth-order valence-electron chi connectivity index (χ4n) is 4.56. The van der Waals surface area contributed by atoms with Crippen LogP contribution in [-0.2, 0) is 15.0 Å². The predicted molar refractivity (Wildman–Crippen MR) is 129 cm³/mol. The lowest BCUT2D eigenvalue weighted by Crippen LogP contribution is -2.52. The number of amides is 2. The standard InChI is InChI=1S/C20H19ClN2O2.C6H5Cl/c1-11-4-3-5-14(12(11)2)18-20(9-8-17(24)23-18)15-7-6-13(21)10-16(15)22-19(20)25;7-6-4-2-1-3-5-6/h3-7,10,18H,8-9H2,1-2H3,(H,22,25)(H,23,24);1-5H/t18-,20-;/m1./s1.